The second-order valence-corrected chi connectivity index (χ2v) is 7.01. The van der Waals surface area contributed by atoms with E-state index in [9.17, 15) is 13.6 Å². The van der Waals surface area contributed by atoms with Crippen molar-refractivity contribution in [3.63, 3.8) is 0 Å². The van der Waals surface area contributed by atoms with Gasteiger partial charge in [0.05, 0.1) is 11.7 Å². The largest absolute Gasteiger partial charge is 0.322 e. The molecule has 1 aromatic carbocycles. The maximum atomic E-state index is 13.7. The quantitative estimate of drug-likeness (QED) is 0.884. The van der Waals surface area contributed by atoms with Gasteiger partial charge in [-0.15, -0.1) is 0 Å². The summed E-state index contributed by atoms with van der Waals surface area (Å²) in [5.74, 6) is -1.54. The van der Waals surface area contributed by atoms with Gasteiger partial charge < -0.3 is 5.32 Å². The number of nitrogens with one attached hydrogen (secondary N) is 1. The molecule has 2 heterocycles. The Labute approximate surface area is 150 Å². The van der Waals surface area contributed by atoms with E-state index in [0.717, 1.165) is 50.9 Å². The van der Waals surface area contributed by atoms with Gasteiger partial charge in [-0.3, -0.25) is 14.6 Å². The van der Waals surface area contributed by atoms with Crippen LogP contribution < -0.4 is 5.32 Å². The normalized spacial score (nSPS) is 17.4. The molecule has 1 unspecified atom stereocenters. The number of carbonyl (C=O) groups excluding carboxylic acids is 1. The lowest BCUT2D eigenvalue weighted by atomic mass is 10.2. The summed E-state index contributed by atoms with van der Waals surface area (Å²) in [4.78, 5) is 16.8. The molecule has 25 heavy (non-hydrogen) atoms. The third kappa shape index (κ3) is 4.62. The lowest BCUT2D eigenvalue weighted by molar-refractivity contribution is -0.121. The molecule has 1 amide bonds. The Kier molecular flexibility index (Phi) is 5.78. The molecule has 134 valence electrons. The Bertz CT molecular complexity index is 715. The van der Waals surface area contributed by atoms with Crippen LogP contribution in [0.5, 0.6) is 0 Å². The van der Waals surface area contributed by atoms with Crippen LogP contribution in [0.2, 0.25) is 0 Å². The number of amides is 1. The number of carbonyl (C=O) groups is 1. The van der Waals surface area contributed by atoms with Gasteiger partial charge in [-0.1, -0.05) is 0 Å². The summed E-state index contributed by atoms with van der Waals surface area (Å²) < 4.78 is 26.9. The highest BCUT2D eigenvalue weighted by Gasteiger charge is 2.26. The molecule has 1 N–H and O–H groups in total. The third-order valence-electron chi connectivity index (χ3n) is 4.51. The lowest BCUT2D eigenvalue weighted by Gasteiger charge is -2.37. The number of benzene rings is 1. The van der Waals surface area contributed by atoms with Gasteiger partial charge in [0.25, 0.3) is 0 Å². The third-order valence-corrected chi connectivity index (χ3v) is 5.24. The lowest BCUT2D eigenvalue weighted by Crippen LogP contribution is -2.52. The van der Waals surface area contributed by atoms with Gasteiger partial charge in [0.1, 0.15) is 11.6 Å². The SMILES string of the molecule is CC(C(=O)Nc1cc(F)ccc1F)N1CCN(Cc2ccsc2)CC1. The van der Waals surface area contributed by atoms with Crippen molar-refractivity contribution >= 4 is 22.9 Å². The van der Waals surface area contributed by atoms with Crippen LogP contribution in [0, 0.1) is 11.6 Å². The van der Waals surface area contributed by atoms with Crippen molar-refractivity contribution in [3.05, 3.63) is 52.2 Å². The van der Waals surface area contributed by atoms with Gasteiger partial charge in [0.15, 0.2) is 0 Å². The van der Waals surface area contributed by atoms with E-state index in [1.165, 1.54) is 5.56 Å². The number of nitrogens with zero attached hydrogens (tertiary/aromatic N) is 2. The van der Waals surface area contributed by atoms with Crippen LogP contribution in [0.15, 0.2) is 35.0 Å². The van der Waals surface area contributed by atoms with E-state index in [-0.39, 0.29) is 11.6 Å². The molecule has 1 aromatic heterocycles. The first-order chi connectivity index (χ1) is 12.0. The van der Waals surface area contributed by atoms with Gasteiger partial charge in [0, 0.05) is 38.8 Å². The summed E-state index contributed by atoms with van der Waals surface area (Å²) in [6.45, 7) is 6.01. The number of hydrogen-bond donors (Lipinski definition) is 1. The van der Waals surface area contributed by atoms with E-state index in [1.54, 1.807) is 18.3 Å². The van der Waals surface area contributed by atoms with Crippen molar-refractivity contribution in [2.45, 2.75) is 19.5 Å². The van der Waals surface area contributed by atoms with Gasteiger partial charge in [-0.05, 0) is 41.4 Å². The van der Waals surface area contributed by atoms with Crippen LogP contribution >= 0.6 is 11.3 Å². The highest BCUT2D eigenvalue weighted by molar-refractivity contribution is 7.07. The Morgan fingerprint density at radius 3 is 2.68 bits per heavy atom. The number of thiophene rings is 1. The number of piperazine rings is 1. The summed E-state index contributed by atoms with van der Waals surface area (Å²) in [6, 6.07) is 4.77. The smallest absolute Gasteiger partial charge is 0.241 e. The van der Waals surface area contributed by atoms with Crippen molar-refractivity contribution in [3.8, 4) is 0 Å². The molecule has 3 rings (SSSR count). The first kappa shape index (κ1) is 18.0. The molecule has 0 spiro atoms. The van der Waals surface area contributed by atoms with E-state index in [0.29, 0.717) is 0 Å². The molecule has 1 saturated heterocycles. The fraction of sp³-hybridized carbons (Fsp3) is 0.389. The predicted molar refractivity (Wildman–Crippen MR) is 95.6 cm³/mol. The second-order valence-electron chi connectivity index (χ2n) is 6.23. The molecule has 1 aliphatic heterocycles. The fourth-order valence-electron chi connectivity index (χ4n) is 2.95. The molecular formula is C18H21F2N3OS. The summed E-state index contributed by atoms with van der Waals surface area (Å²) in [5.41, 5.74) is 1.19. The van der Waals surface area contributed by atoms with Crippen LogP contribution in [-0.2, 0) is 11.3 Å². The summed E-state index contributed by atoms with van der Waals surface area (Å²) in [5, 5.41) is 6.71. The molecule has 2 aromatic rings. The molecule has 1 fully saturated rings. The number of hydrogen-bond acceptors (Lipinski definition) is 4. The Balaban J connectivity index is 1.52. The summed E-state index contributed by atoms with van der Waals surface area (Å²) >= 11 is 1.69. The highest BCUT2D eigenvalue weighted by atomic mass is 32.1. The van der Waals surface area contributed by atoms with E-state index in [1.807, 2.05) is 0 Å². The zero-order chi connectivity index (χ0) is 17.8. The molecule has 1 aliphatic rings. The fourth-order valence-corrected chi connectivity index (χ4v) is 3.61. The minimum atomic E-state index is -0.637. The van der Waals surface area contributed by atoms with Crippen LogP contribution in [0.3, 0.4) is 0 Å². The van der Waals surface area contributed by atoms with Crippen LogP contribution in [-0.4, -0.2) is 47.9 Å². The average molecular weight is 365 g/mol. The highest BCUT2D eigenvalue weighted by Crippen LogP contribution is 2.17. The van der Waals surface area contributed by atoms with E-state index >= 15 is 0 Å². The van der Waals surface area contributed by atoms with Crippen molar-refractivity contribution in [1.29, 1.82) is 0 Å². The topological polar surface area (TPSA) is 35.6 Å². The van der Waals surface area contributed by atoms with Gasteiger partial charge in [-0.25, -0.2) is 8.78 Å². The van der Waals surface area contributed by atoms with Crippen LogP contribution in [0.1, 0.15) is 12.5 Å². The van der Waals surface area contributed by atoms with Crippen molar-refractivity contribution in [2.75, 3.05) is 31.5 Å². The molecular weight excluding hydrogens is 344 g/mol. The van der Waals surface area contributed by atoms with Crippen LogP contribution in [0.4, 0.5) is 14.5 Å². The summed E-state index contributed by atoms with van der Waals surface area (Å²) in [7, 11) is 0. The van der Waals surface area contributed by atoms with Gasteiger partial charge >= 0.3 is 0 Å². The Hall–Kier alpha value is -1.83. The van der Waals surface area contributed by atoms with Gasteiger partial charge in [-0.2, -0.15) is 11.3 Å². The molecule has 0 aliphatic carbocycles. The van der Waals surface area contributed by atoms with E-state index in [4.69, 9.17) is 0 Å². The average Bonchev–Trinajstić information content (AvgIpc) is 3.11. The summed E-state index contributed by atoms with van der Waals surface area (Å²) in [6.07, 6.45) is 0. The van der Waals surface area contributed by atoms with Crippen LogP contribution in [0.25, 0.3) is 0 Å². The minimum absolute atomic E-state index is 0.118. The first-order valence-corrected chi connectivity index (χ1v) is 9.20. The molecule has 1 atom stereocenters. The van der Waals surface area contributed by atoms with Crippen molar-refractivity contribution in [1.82, 2.24) is 9.80 Å². The Morgan fingerprint density at radius 2 is 2.00 bits per heavy atom. The first-order valence-electron chi connectivity index (χ1n) is 8.26. The molecule has 4 nitrogen and oxygen atoms in total. The molecule has 0 saturated carbocycles. The van der Waals surface area contributed by atoms with Crippen molar-refractivity contribution < 1.29 is 13.6 Å². The number of rotatable bonds is 5. The zero-order valence-electron chi connectivity index (χ0n) is 14.0. The van der Waals surface area contributed by atoms with Gasteiger partial charge in [0.2, 0.25) is 5.91 Å². The predicted octanol–water partition coefficient (Wildman–Crippen LogP) is 3.17. The maximum Gasteiger partial charge on any atom is 0.241 e. The molecule has 0 radical (unpaired) electrons. The molecule has 7 heteroatoms. The van der Waals surface area contributed by atoms with E-state index < -0.39 is 17.7 Å². The Morgan fingerprint density at radius 1 is 1.24 bits per heavy atom. The monoisotopic (exact) mass is 365 g/mol. The minimum Gasteiger partial charge on any atom is -0.322 e. The zero-order valence-corrected chi connectivity index (χ0v) is 14.9. The number of halogens is 2. The van der Waals surface area contributed by atoms with E-state index in [2.05, 4.69) is 31.9 Å². The molecule has 0 bridgehead atoms. The van der Waals surface area contributed by atoms with Crippen molar-refractivity contribution in [2.24, 2.45) is 0 Å². The standard InChI is InChI=1S/C18H21F2N3OS/c1-13(18(24)21-17-10-15(19)2-3-16(17)20)23-7-5-22(6-8-23)11-14-4-9-25-12-14/h2-4,9-10,12-13H,5-8,11H2,1H3,(H,21,24). The number of anilines is 1. The second kappa shape index (κ2) is 8.03. The maximum absolute atomic E-state index is 13.7.